The molecule has 0 aliphatic heterocycles. The molecule has 4 nitrogen and oxygen atoms in total. The van der Waals surface area contributed by atoms with Gasteiger partial charge < -0.3 is 9.52 Å². The van der Waals surface area contributed by atoms with Crippen LogP contribution in [0.25, 0.3) is 0 Å². The van der Waals surface area contributed by atoms with Crippen LogP contribution < -0.4 is 0 Å². The number of benzene rings is 1. The third-order valence-corrected chi connectivity index (χ3v) is 2.86. The number of aryl methyl sites for hydroxylation is 1. The van der Waals surface area contributed by atoms with Crippen LogP contribution in [-0.2, 0) is 17.6 Å². The van der Waals surface area contributed by atoms with E-state index in [0.717, 1.165) is 5.56 Å². The average molecular weight is 266 g/mol. The first-order chi connectivity index (χ1) is 8.65. The summed E-state index contributed by atoms with van der Waals surface area (Å²) in [5.74, 6) is -0.297. The lowest BCUT2D eigenvalue weighted by Crippen LogP contribution is -1.98. The smallest absolute Gasteiger partial charge is 0.303 e. The topological polar surface area (TPSA) is 63.3 Å². The molecule has 0 atom stereocenters. The molecule has 0 aliphatic carbocycles. The minimum atomic E-state index is -0.842. The van der Waals surface area contributed by atoms with Gasteiger partial charge >= 0.3 is 5.97 Å². The Kier molecular flexibility index (Phi) is 3.99. The molecule has 5 heteroatoms. The van der Waals surface area contributed by atoms with Crippen molar-refractivity contribution in [2.24, 2.45) is 0 Å². The van der Waals surface area contributed by atoms with Crippen LogP contribution in [0.15, 0.2) is 34.9 Å². The SMILES string of the molecule is O=C(O)CCc1coc(Cc2ccccc2Cl)n1. The Morgan fingerprint density at radius 3 is 2.89 bits per heavy atom. The van der Waals surface area contributed by atoms with E-state index in [-0.39, 0.29) is 6.42 Å². The molecule has 94 valence electrons. The Bertz CT molecular complexity index is 551. The van der Waals surface area contributed by atoms with Crippen LogP contribution >= 0.6 is 11.6 Å². The third-order valence-electron chi connectivity index (χ3n) is 2.49. The molecular formula is C13H12ClNO3. The molecule has 0 bridgehead atoms. The Hall–Kier alpha value is -1.81. The standard InChI is InChI=1S/C13H12ClNO3/c14-11-4-2-1-3-9(11)7-12-15-10(8-18-12)5-6-13(16)17/h1-4,8H,5-7H2,(H,16,17). The summed E-state index contributed by atoms with van der Waals surface area (Å²) in [6.45, 7) is 0. The first-order valence-corrected chi connectivity index (χ1v) is 5.91. The third kappa shape index (κ3) is 3.34. The van der Waals surface area contributed by atoms with Gasteiger partial charge in [0.25, 0.3) is 0 Å². The van der Waals surface area contributed by atoms with Gasteiger partial charge in [0, 0.05) is 11.4 Å². The summed E-state index contributed by atoms with van der Waals surface area (Å²) in [6.07, 6.45) is 2.43. The van der Waals surface area contributed by atoms with Gasteiger partial charge in [-0.25, -0.2) is 4.98 Å². The van der Waals surface area contributed by atoms with Crippen molar-refractivity contribution in [3.63, 3.8) is 0 Å². The van der Waals surface area contributed by atoms with Gasteiger partial charge in [-0.2, -0.15) is 0 Å². The molecule has 18 heavy (non-hydrogen) atoms. The highest BCUT2D eigenvalue weighted by molar-refractivity contribution is 6.31. The molecule has 1 heterocycles. The molecule has 0 unspecified atom stereocenters. The van der Waals surface area contributed by atoms with Crippen molar-refractivity contribution in [3.8, 4) is 0 Å². The first-order valence-electron chi connectivity index (χ1n) is 5.53. The van der Waals surface area contributed by atoms with Gasteiger partial charge in [0.15, 0.2) is 5.89 Å². The lowest BCUT2D eigenvalue weighted by atomic mass is 10.1. The number of carboxylic acid groups (broad SMARTS) is 1. The molecule has 0 saturated carbocycles. The van der Waals surface area contributed by atoms with Crippen molar-refractivity contribution in [2.45, 2.75) is 19.3 Å². The van der Waals surface area contributed by atoms with Gasteiger partial charge in [0.1, 0.15) is 6.26 Å². The zero-order valence-electron chi connectivity index (χ0n) is 9.60. The first kappa shape index (κ1) is 12.6. The van der Waals surface area contributed by atoms with E-state index in [9.17, 15) is 4.79 Å². The zero-order valence-corrected chi connectivity index (χ0v) is 10.4. The maximum atomic E-state index is 10.4. The Labute approximate surface area is 109 Å². The number of carbonyl (C=O) groups is 1. The van der Waals surface area contributed by atoms with Crippen LogP contribution in [0.2, 0.25) is 5.02 Å². The average Bonchev–Trinajstić information content (AvgIpc) is 2.77. The summed E-state index contributed by atoms with van der Waals surface area (Å²) in [7, 11) is 0. The maximum absolute atomic E-state index is 10.4. The summed E-state index contributed by atoms with van der Waals surface area (Å²) < 4.78 is 5.29. The molecule has 0 radical (unpaired) electrons. The summed E-state index contributed by atoms with van der Waals surface area (Å²) in [5.41, 5.74) is 1.59. The van der Waals surface area contributed by atoms with Crippen LogP contribution in [0, 0.1) is 0 Å². The molecule has 1 aromatic carbocycles. The van der Waals surface area contributed by atoms with E-state index in [2.05, 4.69) is 4.98 Å². The summed E-state index contributed by atoms with van der Waals surface area (Å²) >= 11 is 6.04. The summed E-state index contributed by atoms with van der Waals surface area (Å²) in [4.78, 5) is 14.7. The number of rotatable bonds is 5. The highest BCUT2D eigenvalue weighted by Gasteiger charge is 2.08. The van der Waals surface area contributed by atoms with Gasteiger partial charge in [0.05, 0.1) is 18.5 Å². The molecule has 0 fully saturated rings. The van der Waals surface area contributed by atoms with Crippen molar-refractivity contribution in [1.29, 1.82) is 0 Å². The van der Waals surface area contributed by atoms with E-state index in [1.165, 1.54) is 6.26 Å². The Balaban J connectivity index is 2.02. The van der Waals surface area contributed by atoms with Crippen molar-refractivity contribution in [2.75, 3.05) is 0 Å². The van der Waals surface area contributed by atoms with Crippen molar-refractivity contribution >= 4 is 17.6 Å². The quantitative estimate of drug-likeness (QED) is 0.903. The normalized spacial score (nSPS) is 10.5. The fourth-order valence-corrected chi connectivity index (χ4v) is 1.79. The number of nitrogens with zero attached hydrogens (tertiary/aromatic N) is 1. The molecule has 0 aliphatic rings. The molecule has 0 saturated heterocycles. The van der Waals surface area contributed by atoms with Crippen LogP contribution in [-0.4, -0.2) is 16.1 Å². The second-order valence-electron chi connectivity index (χ2n) is 3.89. The minimum absolute atomic E-state index is 0.0536. The Morgan fingerprint density at radius 2 is 2.17 bits per heavy atom. The number of halogens is 1. The molecule has 0 amide bonds. The van der Waals surface area contributed by atoms with Gasteiger partial charge in [-0.05, 0) is 11.6 Å². The number of aliphatic carboxylic acids is 1. The van der Waals surface area contributed by atoms with Crippen LogP contribution in [0.5, 0.6) is 0 Å². The van der Waals surface area contributed by atoms with E-state index < -0.39 is 5.97 Å². The predicted molar refractivity (Wildman–Crippen MR) is 66.7 cm³/mol. The van der Waals surface area contributed by atoms with E-state index in [1.54, 1.807) is 0 Å². The molecule has 2 rings (SSSR count). The van der Waals surface area contributed by atoms with Crippen LogP contribution in [0.1, 0.15) is 23.6 Å². The molecule has 1 aromatic heterocycles. The zero-order chi connectivity index (χ0) is 13.0. The van der Waals surface area contributed by atoms with Crippen molar-refractivity contribution in [1.82, 2.24) is 4.98 Å². The van der Waals surface area contributed by atoms with Gasteiger partial charge in [-0.3, -0.25) is 4.79 Å². The second-order valence-corrected chi connectivity index (χ2v) is 4.30. The van der Waals surface area contributed by atoms with Crippen LogP contribution in [0.3, 0.4) is 0 Å². The van der Waals surface area contributed by atoms with E-state index in [4.69, 9.17) is 21.1 Å². The second kappa shape index (κ2) is 5.69. The van der Waals surface area contributed by atoms with Gasteiger partial charge in [-0.15, -0.1) is 0 Å². The monoisotopic (exact) mass is 265 g/mol. The highest BCUT2D eigenvalue weighted by Crippen LogP contribution is 2.18. The number of carboxylic acids is 1. The number of oxazole rings is 1. The summed E-state index contributed by atoms with van der Waals surface area (Å²) in [5, 5.41) is 9.25. The lowest BCUT2D eigenvalue weighted by Gasteiger charge is -1.99. The lowest BCUT2D eigenvalue weighted by molar-refractivity contribution is -0.136. The highest BCUT2D eigenvalue weighted by atomic mass is 35.5. The van der Waals surface area contributed by atoms with Gasteiger partial charge in [-0.1, -0.05) is 29.8 Å². The minimum Gasteiger partial charge on any atom is -0.481 e. The van der Waals surface area contributed by atoms with E-state index >= 15 is 0 Å². The Morgan fingerprint density at radius 1 is 1.39 bits per heavy atom. The molecule has 0 spiro atoms. The fraction of sp³-hybridized carbons (Fsp3) is 0.231. The van der Waals surface area contributed by atoms with Gasteiger partial charge in [0.2, 0.25) is 0 Å². The van der Waals surface area contributed by atoms with E-state index in [0.29, 0.717) is 29.4 Å². The van der Waals surface area contributed by atoms with Crippen LogP contribution in [0.4, 0.5) is 0 Å². The number of hydrogen-bond acceptors (Lipinski definition) is 3. The molecular weight excluding hydrogens is 254 g/mol. The number of aromatic nitrogens is 1. The van der Waals surface area contributed by atoms with Crippen molar-refractivity contribution in [3.05, 3.63) is 52.7 Å². The summed E-state index contributed by atoms with van der Waals surface area (Å²) in [6, 6.07) is 7.48. The predicted octanol–water partition coefficient (Wildman–Crippen LogP) is 2.94. The number of hydrogen-bond donors (Lipinski definition) is 1. The van der Waals surface area contributed by atoms with E-state index in [1.807, 2.05) is 24.3 Å². The maximum Gasteiger partial charge on any atom is 0.303 e. The van der Waals surface area contributed by atoms with Crippen molar-refractivity contribution < 1.29 is 14.3 Å². The molecule has 2 aromatic rings. The fourth-order valence-electron chi connectivity index (χ4n) is 1.58. The largest absolute Gasteiger partial charge is 0.481 e. The molecule has 1 N–H and O–H groups in total.